The lowest BCUT2D eigenvalue weighted by molar-refractivity contribution is -0.274. The summed E-state index contributed by atoms with van der Waals surface area (Å²) in [6.45, 7) is 0.406. The van der Waals surface area contributed by atoms with Gasteiger partial charge in [-0.25, -0.2) is 0 Å². The maximum absolute atomic E-state index is 12.6. The Kier molecular flexibility index (Phi) is 8.66. The number of hydrogen-bond acceptors (Lipinski definition) is 5. The van der Waals surface area contributed by atoms with Gasteiger partial charge in [0.25, 0.3) is 0 Å². The molecule has 1 aromatic heterocycles. The summed E-state index contributed by atoms with van der Waals surface area (Å²) in [5.41, 5.74) is 3.39. The molecule has 5 rings (SSSR count). The Morgan fingerprint density at radius 1 is 0.837 bits per heavy atom. The molecule has 5 aromatic rings. The van der Waals surface area contributed by atoms with Crippen molar-refractivity contribution in [1.82, 2.24) is 9.78 Å². The lowest BCUT2D eigenvalue weighted by Gasteiger charge is -2.13. The molecule has 0 fully saturated rings. The Bertz CT molecular complexity index is 1650. The van der Waals surface area contributed by atoms with Crippen LogP contribution < -0.4 is 14.2 Å². The Balaban J connectivity index is 1.43. The van der Waals surface area contributed by atoms with E-state index in [-0.39, 0.29) is 6.42 Å². The van der Waals surface area contributed by atoms with E-state index in [2.05, 4.69) is 4.74 Å². The molecular formula is C33H27F3N2O5. The van der Waals surface area contributed by atoms with Crippen LogP contribution >= 0.6 is 0 Å². The van der Waals surface area contributed by atoms with Gasteiger partial charge < -0.3 is 19.3 Å². The molecular weight excluding hydrogens is 561 g/mol. The van der Waals surface area contributed by atoms with Gasteiger partial charge in [0, 0.05) is 12.0 Å². The van der Waals surface area contributed by atoms with Crippen molar-refractivity contribution in [2.24, 2.45) is 0 Å². The number of carbonyl (C=O) groups is 1. The second-order valence-electron chi connectivity index (χ2n) is 9.68. The number of nitrogens with zero attached hydrogens (tertiary/aromatic N) is 2. The second kappa shape index (κ2) is 12.7. The van der Waals surface area contributed by atoms with Gasteiger partial charge in [0.2, 0.25) is 0 Å². The van der Waals surface area contributed by atoms with Crippen molar-refractivity contribution in [3.8, 4) is 34.3 Å². The average Bonchev–Trinajstić information content (AvgIpc) is 3.39. The van der Waals surface area contributed by atoms with E-state index in [1.807, 2.05) is 84.9 Å². The fourth-order valence-corrected chi connectivity index (χ4v) is 4.60. The normalized spacial score (nSPS) is 12.0. The number of carboxylic acid groups (broad SMARTS) is 1. The fourth-order valence-electron chi connectivity index (χ4n) is 4.60. The van der Waals surface area contributed by atoms with Gasteiger partial charge in [0.15, 0.2) is 0 Å². The highest BCUT2D eigenvalue weighted by Crippen LogP contribution is 2.30. The molecule has 220 valence electrons. The highest BCUT2D eigenvalue weighted by atomic mass is 19.4. The summed E-state index contributed by atoms with van der Waals surface area (Å²) in [5.74, 6) is -0.516. The number of alkyl halides is 3. The molecule has 0 aliphatic heterocycles. The number of halogens is 3. The van der Waals surface area contributed by atoms with Crippen LogP contribution in [0.3, 0.4) is 0 Å². The van der Waals surface area contributed by atoms with Gasteiger partial charge in [-0.3, -0.25) is 9.48 Å². The number of hydrogen-bond donors (Lipinski definition) is 1. The fraction of sp³-hybridized carbons (Fsp3) is 0.152. The summed E-state index contributed by atoms with van der Waals surface area (Å²) >= 11 is 0. The van der Waals surface area contributed by atoms with E-state index in [1.54, 1.807) is 11.8 Å². The Morgan fingerprint density at radius 3 is 2.05 bits per heavy atom. The number of ether oxygens (including phenoxy) is 3. The molecule has 1 atom stereocenters. The Labute approximate surface area is 245 Å². The Morgan fingerprint density at radius 2 is 1.44 bits per heavy atom. The quantitative estimate of drug-likeness (QED) is 0.170. The maximum Gasteiger partial charge on any atom is 0.573 e. The van der Waals surface area contributed by atoms with Crippen LogP contribution in [0.25, 0.3) is 11.3 Å². The van der Waals surface area contributed by atoms with Gasteiger partial charge >= 0.3 is 12.3 Å². The molecule has 0 aliphatic carbocycles. The maximum atomic E-state index is 12.6. The number of carboxylic acids is 1. The van der Waals surface area contributed by atoms with Crippen LogP contribution in [0, 0.1) is 0 Å². The highest BCUT2D eigenvalue weighted by molar-refractivity contribution is 5.76. The predicted molar refractivity (Wildman–Crippen MR) is 153 cm³/mol. The molecule has 0 saturated carbocycles. The zero-order valence-corrected chi connectivity index (χ0v) is 23.0. The molecule has 1 N–H and O–H groups in total. The molecule has 0 aliphatic rings. The summed E-state index contributed by atoms with van der Waals surface area (Å²) in [5, 5.41) is 14.7. The summed E-state index contributed by atoms with van der Waals surface area (Å²) in [7, 11) is 1.59. The molecule has 0 amide bonds. The number of benzene rings is 4. The van der Waals surface area contributed by atoms with Crippen LogP contribution in [-0.2, 0) is 17.8 Å². The monoisotopic (exact) mass is 588 g/mol. The predicted octanol–water partition coefficient (Wildman–Crippen LogP) is 7.71. The second-order valence-corrected chi connectivity index (χ2v) is 9.68. The van der Waals surface area contributed by atoms with Gasteiger partial charge in [-0.1, -0.05) is 42.5 Å². The number of aliphatic carboxylic acids is 1. The molecule has 0 radical (unpaired) electrons. The summed E-state index contributed by atoms with van der Waals surface area (Å²) in [6.07, 6.45) is -4.82. The smallest absolute Gasteiger partial charge is 0.497 e. The van der Waals surface area contributed by atoms with Crippen molar-refractivity contribution in [2.45, 2.75) is 25.2 Å². The van der Waals surface area contributed by atoms with E-state index in [0.717, 1.165) is 34.7 Å². The van der Waals surface area contributed by atoms with Gasteiger partial charge in [-0.05, 0) is 77.9 Å². The van der Waals surface area contributed by atoms with Gasteiger partial charge in [-0.2, -0.15) is 5.10 Å². The van der Waals surface area contributed by atoms with Gasteiger partial charge in [0.1, 0.15) is 23.0 Å². The van der Waals surface area contributed by atoms with Crippen molar-refractivity contribution in [3.05, 3.63) is 126 Å². The van der Waals surface area contributed by atoms with Crippen LogP contribution in [0.5, 0.6) is 23.0 Å². The lowest BCUT2D eigenvalue weighted by Crippen LogP contribution is -2.18. The zero-order valence-electron chi connectivity index (χ0n) is 23.0. The standard InChI is InChI=1S/C33H27F3N2O5/c1-41-26-13-7-22(8-14-26)21-38-31(24-11-15-28(16-12-24)42-27-5-3-2-4-6-27)20-25(37-38)19-30(32(39)40)23-9-17-29(18-10-23)43-33(34,35)36/h2-18,20,30H,19,21H2,1H3,(H,39,40). The van der Waals surface area contributed by atoms with Crippen molar-refractivity contribution < 1.29 is 37.3 Å². The van der Waals surface area contributed by atoms with Gasteiger partial charge in [-0.15, -0.1) is 13.2 Å². The summed E-state index contributed by atoms with van der Waals surface area (Å²) < 4.78 is 54.6. The molecule has 4 aromatic carbocycles. The molecule has 0 bridgehead atoms. The minimum Gasteiger partial charge on any atom is -0.497 e. The lowest BCUT2D eigenvalue weighted by atomic mass is 9.94. The molecule has 1 heterocycles. The third-order valence-electron chi connectivity index (χ3n) is 6.68. The van der Waals surface area contributed by atoms with Crippen molar-refractivity contribution in [3.63, 3.8) is 0 Å². The topological polar surface area (TPSA) is 82.8 Å². The number of methoxy groups -OCH3 is 1. The zero-order chi connectivity index (χ0) is 30.4. The van der Waals surface area contributed by atoms with Crippen LogP contribution in [0.1, 0.15) is 22.7 Å². The van der Waals surface area contributed by atoms with Crippen molar-refractivity contribution in [2.75, 3.05) is 7.11 Å². The molecule has 10 heteroatoms. The minimum absolute atomic E-state index is 0.0205. The number of aromatic nitrogens is 2. The average molecular weight is 589 g/mol. The molecule has 0 spiro atoms. The van der Waals surface area contributed by atoms with Crippen LogP contribution in [0.2, 0.25) is 0 Å². The first kappa shape index (κ1) is 29.2. The van der Waals surface area contributed by atoms with Gasteiger partial charge in [0.05, 0.1) is 31.0 Å². The molecule has 7 nitrogen and oxygen atoms in total. The van der Waals surface area contributed by atoms with E-state index < -0.39 is 24.0 Å². The molecule has 1 unspecified atom stereocenters. The molecule has 0 saturated heterocycles. The highest BCUT2D eigenvalue weighted by Gasteiger charge is 2.31. The first-order chi connectivity index (χ1) is 20.7. The van der Waals surface area contributed by atoms with Crippen LogP contribution in [0.4, 0.5) is 13.2 Å². The summed E-state index contributed by atoms with van der Waals surface area (Å²) in [4.78, 5) is 12.2. The third kappa shape index (κ3) is 7.73. The molecule has 43 heavy (non-hydrogen) atoms. The SMILES string of the molecule is COc1ccc(Cn2nc(CC(C(=O)O)c3ccc(OC(F)(F)F)cc3)cc2-c2ccc(Oc3ccccc3)cc2)cc1. The van der Waals surface area contributed by atoms with Crippen LogP contribution in [0.15, 0.2) is 109 Å². The van der Waals surface area contributed by atoms with Crippen molar-refractivity contribution >= 4 is 5.97 Å². The third-order valence-corrected chi connectivity index (χ3v) is 6.68. The van der Waals surface area contributed by atoms with E-state index in [1.165, 1.54) is 12.1 Å². The number of rotatable bonds is 11. The van der Waals surface area contributed by atoms with Crippen molar-refractivity contribution in [1.29, 1.82) is 0 Å². The largest absolute Gasteiger partial charge is 0.573 e. The van der Waals surface area contributed by atoms with E-state index in [4.69, 9.17) is 14.6 Å². The first-order valence-corrected chi connectivity index (χ1v) is 13.3. The van der Waals surface area contributed by atoms with E-state index in [0.29, 0.717) is 29.3 Å². The van der Waals surface area contributed by atoms with Crippen LogP contribution in [-0.4, -0.2) is 34.3 Å². The summed E-state index contributed by atoms with van der Waals surface area (Å²) in [6, 6.07) is 31.1. The first-order valence-electron chi connectivity index (χ1n) is 13.3. The van der Waals surface area contributed by atoms with E-state index in [9.17, 15) is 23.1 Å². The van der Waals surface area contributed by atoms with E-state index >= 15 is 0 Å². The number of para-hydroxylation sites is 1. The minimum atomic E-state index is -4.84. The Hall–Kier alpha value is -5.25.